The number of piperidine rings is 1. The molecule has 21 heavy (non-hydrogen) atoms. The van der Waals surface area contributed by atoms with Gasteiger partial charge in [-0.25, -0.2) is 0 Å². The summed E-state index contributed by atoms with van der Waals surface area (Å²) in [5.41, 5.74) is 3.86. The average molecular weight is 392 g/mol. The van der Waals surface area contributed by atoms with Gasteiger partial charge >= 0.3 is 0 Å². The zero-order valence-corrected chi connectivity index (χ0v) is 14.3. The number of anilines is 2. The summed E-state index contributed by atoms with van der Waals surface area (Å²) in [6.45, 7) is 3.28. The second kappa shape index (κ2) is 7.16. The Morgan fingerprint density at radius 3 is 2.19 bits per heavy atom. The SMILES string of the molecule is Ic1ccc(CNc2ccc(N3CCCCC3)cc2)cc1. The molecule has 1 N–H and O–H groups in total. The molecule has 0 amide bonds. The summed E-state index contributed by atoms with van der Waals surface area (Å²) in [6, 6.07) is 17.5. The highest BCUT2D eigenvalue weighted by Crippen LogP contribution is 2.22. The van der Waals surface area contributed by atoms with E-state index in [1.807, 2.05) is 0 Å². The van der Waals surface area contributed by atoms with Crippen LogP contribution in [-0.4, -0.2) is 13.1 Å². The van der Waals surface area contributed by atoms with Crippen molar-refractivity contribution < 1.29 is 0 Å². The van der Waals surface area contributed by atoms with Crippen molar-refractivity contribution in [2.24, 2.45) is 0 Å². The molecule has 2 aromatic carbocycles. The van der Waals surface area contributed by atoms with E-state index in [1.54, 1.807) is 0 Å². The molecular weight excluding hydrogens is 371 g/mol. The van der Waals surface area contributed by atoms with Gasteiger partial charge in [-0.15, -0.1) is 0 Å². The van der Waals surface area contributed by atoms with E-state index in [-0.39, 0.29) is 0 Å². The number of benzene rings is 2. The van der Waals surface area contributed by atoms with E-state index >= 15 is 0 Å². The normalized spacial score (nSPS) is 15.0. The molecule has 0 saturated carbocycles. The molecule has 0 bridgehead atoms. The topological polar surface area (TPSA) is 15.3 Å². The third-order valence-electron chi connectivity index (χ3n) is 4.00. The van der Waals surface area contributed by atoms with Crippen LogP contribution >= 0.6 is 22.6 Å². The number of nitrogens with one attached hydrogen (secondary N) is 1. The Balaban J connectivity index is 1.57. The highest BCUT2D eigenvalue weighted by atomic mass is 127. The summed E-state index contributed by atoms with van der Waals surface area (Å²) in [5, 5.41) is 3.49. The molecule has 3 rings (SSSR count). The van der Waals surface area contributed by atoms with Crippen molar-refractivity contribution in [2.45, 2.75) is 25.8 Å². The molecule has 3 heteroatoms. The van der Waals surface area contributed by atoms with Gasteiger partial charge < -0.3 is 10.2 Å². The van der Waals surface area contributed by atoms with Crippen molar-refractivity contribution >= 4 is 34.0 Å². The third kappa shape index (κ3) is 4.13. The van der Waals surface area contributed by atoms with Gasteiger partial charge in [0.25, 0.3) is 0 Å². The van der Waals surface area contributed by atoms with Crippen LogP contribution < -0.4 is 10.2 Å². The molecule has 1 aliphatic rings. The molecule has 0 aliphatic carbocycles. The zero-order chi connectivity index (χ0) is 14.5. The van der Waals surface area contributed by atoms with Crippen molar-refractivity contribution in [3.05, 3.63) is 57.7 Å². The largest absolute Gasteiger partial charge is 0.381 e. The molecule has 0 radical (unpaired) electrons. The van der Waals surface area contributed by atoms with E-state index < -0.39 is 0 Å². The molecule has 1 heterocycles. The summed E-state index contributed by atoms with van der Waals surface area (Å²) in [4.78, 5) is 2.49. The van der Waals surface area contributed by atoms with E-state index in [1.165, 1.54) is 52.9 Å². The molecule has 0 aromatic heterocycles. The van der Waals surface area contributed by atoms with E-state index in [2.05, 4.69) is 81.3 Å². The Hall–Kier alpha value is -1.23. The number of rotatable bonds is 4. The van der Waals surface area contributed by atoms with Gasteiger partial charge in [-0.05, 0) is 83.8 Å². The lowest BCUT2D eigenvalue weighted by Gasteiger charge is -2.28. The molecule has 2 aromatic rings. The van der Waals surface area contributed by atoms with Crippen LogP contribution in [0.2, 0.25) is 0 Å². The van der Waals surface area contributed by atoms with Gasteiger partial charge in [0, 0.05) is 34.6 Å². The van der Waals surface area contributed by atoms with Crippen LogP contribution in [0.1, 0.15) is 24.8 Å². The van der Waals surface area contributed by atoms with Crippen molar-refractivity contribution in [3.63, 3.8) is 0 Å². The summed E-state index contributed by atoms with van der Waals surface area (Å²) in [6.07, 6.45) is 4.03. The molecule has 0 spiro atoms. The molecule has 2 nitrogen and oxygen atoms in total. The number of nitrogens with zero attached hydrogens (tertiary/aromatic N) is 1. The highest BCUT2D eigenvalue weighted by molar-refractivity contribution is 14.1. The molecule has 1 fully saturated rings. The Morgan fingerprint density at radius 1 is 0.857 bits per heavy atom. The van der Waals surface area contributed by atoms with Gasteiger partial charge in [0.2, 0.25) is 0 Å². The van der Waals surface area contributed by atoms with Crippen LogP contribution in [0.15, 0.2) is 48.5 Å². The summed E-state index contributed by atoms with van der Waals surface area (Å²) < 4.78 is 1.28. The van der Waals surface area contributed by atoms with Gasteiger partial charge in [-0.1, -0.05) is 12.1 Å². The zero-order valence-electron chi connectivity index (χ0n) is 12.2. The van der Waals surface area contributed by atoms with Crippen LogP contribution in [0.4, 0.5) is 11.4 Å². The highest BCUT2D eigenvalue weighted by Gasteiger charge is 2.10. The molecule has 0 atom stereocenters. The van der Waals surface area contributed by atoms with Crippen LogP contribution in [0.5, 0.6) is 0 Å². The lowest BCUT2D eigenvalue weighted by Crippen LogP contribution is -2.29. The third-order valence-corrected chi connectivity index (χ3v) is 4.72. The summed E-state index contributed by atoms with van der Waals surface area (Å²) in [7, 11) is 0. The Morgan fingerprint density at radius 2 is 1.52 bits per heavy atom. The molecular formula is C18H21IN2. The fourth-order valence-corrected chi connectivity index (χ4v) is 3.11. The van der Waals surface area contributed by atoms with Crippen LogP contribution in [0, 0.1) is 3.57 Å². The second-order valence-corrected chi connectivity index (χ2v) is 6.82. The maximum absolute atomic E-state index is 3.49. The number of hydrogen-bond donors (Lipinski definition) is 1. The van der Waals surface area contributed by atoms with Gasteiger partial charge in [0.15, 0.2) is 0 Å². The predicted octanol–water partition coefficient (Wildman–Crippen LogP) is 4.89. The predicted molar refractivity (Wildman–Crippen MR) is 99.0 cm³/mol. The standard InChI is InChI=1S/C18H21IN2/c19-16-6-4-15(5-7-16)14-20-17-8-10-18(11-9-17)21-12-2-1-3-13-21/h4-11,20H,1-3,12-14H2. The maximum atomic E-state index is 3.49. The first kappa shape index (κ1) is 14.7. The van der Waals surface area contributed by atoms with E-state index in [4.69, 9.17) is 0 Å². The van der Waals surface area contributed by atoms with E-state index in [0.717, 1.165) is 6.54 Å². The minimum atomic E-state index is 0.875. The van der Waals surface area contributed by atoms with Gasteiger partial charge in [-0.2, -0.15) is 0 Å². The average Bonchev–Trinajstić information content (AvgIpc) is 2.56. The quantitative estimate of drug-likeness (QED) is 0.746. The maximum Gasteiger partial charge on any atom is 0.0400 e. The first-order chi connectivity index (χ1) is 10.3. The number of hydrogen-bond acceptors (Lipinski definition) is 2. The second-order valence-electron chi connectivity index (χ2n) is 5.57. The Bertz CT molecular complexity index is 557. The van der Waals surface area contributed by atoms with Crippen LogP contribution in [0.25, 0.3) is 0 Å². The lowest BCUT2D eigenvalue weighted by molar-refractivity contribution is 0.578. The Labute approximate surface area is 140 Å². The van der Waals surface area contributed by atoms with Crippen molar-refractivity contribution in [1.82, 2.24) is 0 Å². The fourth-order valence-electron chi connectivity index (χ4n) is 2.75. The minimum absolute atomic E-state index is 0.875. The van der Waals surface area contributed by atoms with E-state index in [0.29, 0.717) is 0 Å². The summed E-state index contributed by atoms with van der Waals surface area (Å²) >= 11 is 2.34. The van der Waals surface area contributed by atoms with Crippen molar-refractivity contribution in [2.75, 3.05) is 23.3 Å². The molecule has 1 saturated heterocycles. The molecule has 110 valence electrons. The first-order valence-electron chi connectivity index (χ1n) is 7.64. The first-order valence-corrected chi connectivity index (χ1v) is 8.72. The monoisotopic (exact) mass is 392 g/mol. The van der Waals surface area contributed by atoms with Gasteiger partial charge in [0.1, 0.15) is 0 Å². The fraction of sp³-hybridized carbons (Fsp3) is 0.333. The van der Waals surface area contributed by atoms with Crippen molar-refractivity contribution in [1.29, 1.82) is 0 Å². The lowest BCUT2D eigenvalue weighted by atomic mass is 10.1. The minimum Gasteiger partial charge on any atom is -0.381 e. The summed E-state index contributed by atoms with van der Waals surface area (Å²) in [5.74, 6) is 0. The van der Waals surface area contributed by atoms with Crippen molar-refractivity contribution in [3.8, 4) is 0 Å². The van der Waals surface area contributed by atoms with Gasteiger partial charge in [-0.3, -0.25) is 0 Å². The Kier molecular flexibility index (Phi) is 5.01. The smallest absolute Gasteiger partial charge is 0.0400 e. The van der Waals surface area contributed by atoms with Crippen LogP contribution in [0.3, 0.4) is 0 Å². The number of halogens is 1. The van der Waals surface area contributed by atoms with Crippen LogP contribution in [-0.2, 0) is 6.54 Å². The van der Waals surface area contributed by atoms with Gasteiger partial charge in [0.05, 0.1) is 0 Å². The van der Waals surface area contributed by atoms with E-state index in [9.17, 15) is 0 Å². The molecule has 0 unspecified atom stereocenters. The molecule has 1 aliphatic heterocycles.